The third kappa shape index (κ3) is 2.41. The Balaban J connectivity index is 2.70. The largest absolute Gasteiger partial charge is 0.480 e. The molecule has 0 saturated heterocycles. The number of amides is 1. The molecule has 0 aromatic carbocycles. The smallest absolute Gasteiger partial charge is 0.322 e. The van der Waals surface area contributed by atoms with Crippen LogP contribution in [0.25, 0.3) is 0 Å². The van der Waals surface area contributed by atoms with E-state index in [0.29, 0.717) is 0 Å². The van der Waals surface area contributed by atoms with Crippen LogP contribution in [0, 0.1) is 0 Å². The van der Waals surface area contributed by atoms with Crippen molar-refractivity contribution >= 4 is 17.7 Å². The van der Waals surface area contributed by atoms with Gasteiger partial charge < -0.3 is 16.2 Å². The van der Waals surface area contributed by atoms with Crippen LogP contribution in [0.5, 0.6) is 0 Å². The minimum atomic E-state index is -1.14. The highest BCUT2D eigenvalue weighted by molar-refractivity contribution is 5.97. The van der Waals surface area contributed by atoms with Gasteiger partial charge in [0.05, 0.1) is 0 Å². The van der Waals surface area contributed by atoms with E-state index in [4.69, 9.17) is 10.8 Å². The molecule has 0 aliphatic carbocycles. The van der Waals surface area contributed by atoms with Crippen LogP contribution in [-0.4, -0.2) is 33.5 Å². The lowest BCUT2D eigenvalue weighted by molar-refractivity contribution is -0.135. The zero-order valence-electron chi connectivity index (χ0n) is 7.10. The van der Waals surface area contributed by atoms with Crippen LogP contribution in [0.4, 0.5) is 5.82 Å². The molecule has 74 valence electrons. The molecule has 0 radical (unpaired) electrons. The van der Waals surface area contributed by atoms with Gasteiger partial charge in [0, 0.05) is 12.4 Å². The van der Waals surface area contributed by atoms with E-state index in [1.807, 2.05) is 0 Å². The van der Waals surface area contributed by atoms with Crippen molar-refractivity contribution in [2.75, 3.05) is 12.3 Å². The first-order chi connectivity index (χ1) is 6.61. The molecule has 1 aromatic rings. The maximum absolute atomic E-state index is 11.2. The highest BCUT2D eigenvalue weighted by Crippen LogP contribution is 2.01. The molecule has 7 heteroatoms. The molecule has 0 aliphatic rings. The summed E-state index contributed by atoms with van der Waals surface area (Å²) in [7, 11) is 0. The molecule has 1 amide bonds. The van der Waals surface area contributed by atoms with Gasteiger partial charge in [0.1, 0.15) is 6.54 Å². The molecular weight excluding hydrogens is 188 g/mol. The van der Waals surface area contributed by atoms with Crippen LogP contribution < -0.4 is 11.1 Å². The summed E-state index contributed by atoms with van der Waals surface area (Å²) >= 11 is 0. The van der Waals surface area contributed by atoms with Gasteiger partial charge in [0.2, 0.25) is 0 Å². The number of carboxylic acids is 1. The van der Waals surface area contributed by atoms with Crippen molar-refractivity contribution in [2.45, 2.75) is 0 Å². The molecule has 0 unspecified atom stereocenters. The quantitative estimate of drug-likeness (QED) is 0.563. The van der Waals surface area contributed by atoms with Crippen molar-refractivity contribution in [3.63, 3.8) is 0 Å². The van der Waals surface area contributed by atoms with E-state index < -0.39 is 18.4 Å². The van der Waals surface area contributed by atoms with Crippen molar-refractivity contribution in [1.82, 2.24) is 15.3 Å². The number of anilines is 1. The second-order valence-corrected chi connectivity index (χ2v) is 2.37. The van der Waals surface area contributed by atoms with Crippen molar-refractivity contribution in [3.05, 3.63) is 18.1 Å². The van der Waals surface area contributed by atoms with Crippen molar-refractivity contribution in [2.24, 2.45) is 0 Å². The maximum Gasteiger partial charge on any atom is 0.322 e. The number of nitrogens with two attached hydrogens (primary N) is 1. The molecule has 14 heavy (non-hydrogen) atoms. The monoisotopic (exact) mass is 196 g/mol. The van der Waals surface area contributed by atoms with Gasteiger partial charge in [-0.2, -0.15) is 0 Å². The average Bonchev–Trinajstić information content (AvgIpc) is 2.15. The van der Waals surface area contributed by atoms with Crippen molar-refractivity contribution in [3.8, 4) is 0 Å². The fourth-order valence-corrected chi connectivity index (χ4v) is 0.763. The van der Waals surface area contributed by atoms with E-state index in [1.54, 1.807) is 0 Å². The number of nitrogens with zero attached hydrogens (tertiary/aromatic N) is 2. The van der Waals surface area contributed by atoms with Crippen LogP contribution >= 0.6 is 0 Å². The van der Waals surface area contributed by atoms with E-state index in [9.17, 15) is 9.59 Å². The lowest BCUT2D eigenvalue weighted by atomic mass is 10.4. The highest BCUT2D eigenvalue weighted by Gasteiger charge is 2.12. The summed E-state index contributed by atoms with van der Waals surface area (Å²) in [6, 6.07) is 0. The number of carboxylic acid groups (broad SMARTS) is 1. The van der Waals surface area contributed by atoms with E-state index in [0.717, 1.165) is 0 Å². The Kier molecular flexibility index (Phi) is 2.95. The van der Waals surface area contributed by atoms with E-state index in [2.05, 4.69) is 15.3 Å². The number of rotatable bonds is 3. The Morgan fingerprint density at radius 1 is 1.43 bits per heavy atom. The zero-order valence-corrected chi connectivity index (χ0v) is 7.10. The van der Waals surface area contributed by atoms with Gasteiger partial charge in [0.25, 0.3) is 5.91 Å². The van der Waals surface area contributed by atoms with E-state index >= 15 is 0 Å². The average molecular weight is 196 g/mol. The molecule has 0 aliphatic heterocycles. The van der Waals surface area contributed by atoms with Crippen LogP contribution in [0.15, 0.2) is 12.4 Å². The molecule has 0 saturated carbocycles. The lowest BCUT2D eigenvalue weighted by Gasteiger charge is -2.02. The molecular formula is C7H8N4O3. The van der Waals surface area contributed by atoms with Gasteiger partial charge in [-0.15, -0.1) is 0 Å². The zero-order chi connectivity index (χ0) is 10.6. The lowest BCUT2D eigenvalue weighted by Crippen LogP contribution is -2.30. The third-order valence-corrected chi connectivity index (χ3v) is 1.34. The molecule has 0 atom stereocenters. The maximum atomic E-state index is 11.2. The SMILES string of the molecule is Nc1nccnc1C(=O)NCC(=O)O. The van der Waals surface area contributed by atoms with Crippen LogP contribution in [0.1, 0.15) is 10.5 Å². The molecule has 1 aromatic heterocycles. The number of aliphatic carboxylic acids is 1. The Morgan fingerprint density at radius 2 is 2.07 bits per heavy atom. The molecule has 1 heterocycles. The normalized spacial score (nSPS) is 9.43. The Hall–Kier alpha value is -2.18. The minimum absolute atomic E-state index is 0.0320. The highest BCUT2D eigenvalue weighted by atomic mass is 16.4. The minimum Gasteiger partial charge on any atom is -0.480 e. The van der Waals surface area contributed by atoms with Crippen molar-refractivity contribution in [1.29, 1.82) is 0 Å². The van der Waals surface area contributed by atoms with Gasteiger partial charge in [0.15, 0.2) is 11.5 Å². The summed E-state index contributed by atoms with van der Waals surface area (Å²) in [6.07, 6.45) is 2.63. The molecule has 7 nitrogen and oxygen atoms in total. The Bertz CT molecular complexity index is 366. The fourth-order valence-electron chi connectivity index (χ4n) is 0.763. The van der Waals surface area contributed by atoms with Gasteiger partial charge in [-0.25, -0.2) is 9.97 Å². The standard InChI is InChI=1S/C7H8N4O3/c8-6-5(9-1-2-10-6)7(14)11-3-4(12)13/h1-2H,3H2,(H2,8,10)(H,11,14)(H,12,13). The summed E-state index contributed by atoms with van der Waals surface area (Å²) in [5.41, 5.74) is 5.27. The summed E-state index contributed by atoms with van der Waals surface area (Å²) < 4.78 is 0. The molecule has 4 N–H and O–H groups in total. The van der Waals surface area contributed by atoms with Gasteiger partial charge >= 0.3 is 5.97 Å². The number of hydrogen-bond donors (Lipinski definition) is 3. The second-order valence-electron chi connectivity index (χ2n) is 2.37. The number of nitrogen functional groups attached to an aromatic ring is 1. The summed E-state index contributed by atoms with van der Waals surface area (Å²) in [6.45, 7) is -0.477. The number of aromatic nitrogens is 2. The molecule has 0 spiro atoms. The molecule has 0 bridgehead atoms. The summed E-state index contributed by atoms with van der Waals surface area (Å²) in [4.78, 5) is 28.6. The Labute approximate surface area is 79.0 Å². The van der Waals surface area contributed by atoms with Gasteiger partial charge in [-0.3, -0.25) is 9.59 Å². The predicted molar refractivity (Wildman–Crippen MR) is 46.4 cm³/mol. The number of carbonyl (C=O) groups excluding carboxylic acids is 1. The molecule has 1 rings (SSSR count). The van der Waals surface area contributed by atoms with Crippen LogP contribution in [-0.2, 0) is 4.79 Å². The van der Waals surface area contributed by atoms with Gasteiger partial charge in [-0.05, 0) is 0 Å². The fraction of sp³-hybridized carbons (Fsp3) is 0.143. The first-order valence-electron chi connectivity index (χ1n) is 3.67. The first kappa shape index (κ1) is 9.90. The molecule has 0 fully saturated rings. The van der Waals surface area contributed by atoms with Gasteiger partial charge in [-0.1, -0.05) is 0 Å². The number of hydrogen-bond acceptors (Lipinski definition) is 5. The van der Waals surface area contributed by atoms with Crippen LogP contribution in [0.3, 0.4) is 0 Å². The second kappa shape index (κ2) is 4.17. The van der Waals surface area contributed by atoms with E-state index in [-0.39, 0.29) is 11.5 Å². The number of nitrogens with one attached hydrogen (secondary N) is 1. The number of carbonyl (C=O) groups is 2. The third-order valence-electron chi connectivity index (χ3n) is 1.34. The Morgan fingerprint density at radius 3 is 2.64 bits per heavy atom. The first-order valence-corrected chi connectivity index (χ1v) is 3.67. The summed E-state index contributed by atoms with van der Waals surface area (Å²) in [5.74, 6) is -1.82. The topological polar surface area (TPSA) is 118 Å². The van der Waals surface area contributed by atoms with Crippen LogP contribution in [0.2, 0.25) is 0 Å². The van der Waals surface area contributed by atoms with E-state index in [1.165, 1.54) is 12.4 Å². The summed E-state index contributed by atoms with van der Waals surface area (Å²) in [5, 5.41) is 10.4. The van der Waals surface area contributed by atoms with Crippen molar-refractivity contribution < 1.29 is 14.7 Å². The predicted octanol–water partition coefficient (Wildman–Crippen LogP) is -1.13.